The molecule has 0 fully saturated rings. The van der Waals surface area contributed by atoms with Gasteiger partial charge in [0.05, 0.1) is 37.2 Å². The minimum Gasteiger partial charge on any atom is -0.496 e. The summed E-state index contributed by atoms with van der Waals surface area (Å²) in [5.41, 5.74) is 5.89. The van der Waals surface area contributed by atoms with E-state index in [0.717, 1.165) is 45.1 Å². The fraction of sp³-hybridized carbons (Fsp3) is 0.0769. The first-order valence-electron chi connectivity index (χ1n) is 9.53. The van der Waals surface area contributed by atoms with E-state index in [0.29, 0.717) is 5.56 Å². The number of rotatable bonds is 5. The summed E-state index contributed by atoms with van der Waals surface area (Å²) in [6.07, 6.45) is 0. The van der Waals surface area contributed by atoms with Crippen LogP contribution in [0.3, 0.4) is 0 Å². The van der Waals surface area contributed by atoms with Crippen molar-refractivity contribution in [1.82, 2.24) is 4.98 Å². The zero-order valence-electron chi connectivity index (χ0n) is 16.8. The average molecular weight is 392 g/mol. The Bertz CT molecular complexity index is 1180. The van der Waals surface area contributed by atoms with E-state index >= 15 is 0 Å². The van der Waals surface area contributed by atoms with E-state index in [4.69, 9.17) is 14.5 Å². The van der Waals surface area contributed by atoms with E-state index in [1.807, 2.05) is 78.9 Å². The molecule has 0 spiro atoms. The molecule has 4 nitrogen and oxygen atoms in total. The van der Waals surface area contributed by atoms with Crippen molar-refractivity contribution in [3.63, 3.8) is 0 Å². The van der Waals surface area contributed by atoms with Crippen molar-refractivity contribution >= 4 is 0 Å². The van der Waals surface area contributed by atoms with Gasteiger partial charge in [-0.1, -0.05) is 36.4 Å². The zero-order chi connectivity index (χ0) is 20.9. The van der Waals surface area contributed by atoms with Crippen molar-refractivity contribution in [3.8, 4) is 51.2 Å². The summed E-state index contributed by atoms with van der Waals surface area (Å²) in [6, 6.07) is 29.4. The first-order chi connectivity index (χ1) is 14.7. The highest BCUT2D eigenvalue weighted by molar-refractivity contribution is 5.80. The first kappa shape index (κ1) is 19.2. The first-order valence-corrected chi connectivity index (χ1v) is 9.53. The van der Waals surface area contributed by atoms with Gasteiger partial charge in [-0.05, 0) is 59.7 Å². The molecule has 0 bridgehead atoms. The molecule has 4 rings (SSSR count). The molecule has 0 aliphatic rings. The highest BCUT2D eigenvalue weighted by Crippen LogP contribution is 2.36. The van der Waals surface area contributed by atoms with Gasteiger partial charge in [0.2, 0.25) is 0 Å². The summed E-state index contributed by atoms with van der Waals surface area (Å²) in [6.45, 7) is 0. The van der Waals surface area contributed by atoms with Gasteiger partial charge in [0, 0.05) is 11.1 Å². The van der Waals surface area contributed by atoms with E-state index in [1.165, 1.54) is 0 Å². The van der Waals surface area contributed by atoms with Crippen LogP contribution in [0.1, 0.15) is 5.56 Å². The predicted octanol–water partition coefficient (Wildman–Crippen LogP) is 5.97. The van der Waals surface area contributed by atoms with Crippen molar-refractivity contribution in [3.05, 3.63) is 90.5 Å². The van der Waals surface area contributed by atoms with Crippen LogP contribution in [0.2, 0.25) is 0 Å². The largest absolute Gasteiger partial charge is 0.496 e. The molecule has 0 saturated heterocycles. The van der Waals surface area contributed by atoms with Crippen LogP contribution in [0, 0.1) is 11.3 Å². The standard InChI is InChI=1S/C26H20N2O2/c1-29-25-12-5-3-10-21(25)23-15-20(19-9-7-8-18(14-19)17-27)16-24(28-23)22-11-4-6-13-26(22)30-2/h3-16H,1-2H3. The fourth-order valence-corrected chi connectivity index (χ4v) is 3.45. The number of ether oxygens (including phenoxy) is 2. The molecule has 1 heterocycles. The summed E-state index contributed by atoms with van der Waals surface area (Å²) in [4.78, 5) is 4.93. The molecule has 0 radical (unpaired) electrons. The number of benzene rings is 3. The number of hydrogen-bond donors (Lipinski definition) is 0. The third kappa shape index (κ3) is 3.74. The van der Waals surface area contributed by atoms with E-state index in [2.05, 4.69) is 6.07 Å². The van der Waals surface area contributed by atoms with Crippen molar-refractivity contribution in [2.75, 3.05) is 14.2 Å². The number of aromatic nitrogens is 1. The SMILES string of the molecule is COc1ccccc1-c1cc(-c2cccc(C#N)c2)cc(-c2ccccc2OC)n1. The van der Waals surface area contributed by atoms with Gasteiger partial charge in [0.25, 0.3) is 0 Å². The van der Waals surface area contributed by atoms with Crippen LogP contribution in [0.25, 0.3) is 33.6 Å². The number of hydrogen-bond acceptors (Lipinski definition) is 4. The molecule has 1 aromatic heterocycles. The molecular weight excluding hydrogens is 372 g/mol. The molecule has 0 amide bonds. The minimum atomic E-state index is 0.613. The number of methoxy groups -OCH3 is 2. The molecule has 0 unspecified atom stereocenters. The van der Waals surface area contributed by atoms with E-state index in [1.54, 1.807) is 20.3 Å². The van der Waals surface area contributed by atoms with Crippen molar-refractivity contribution in [2.45, 2.75) is 0 Å². The molecule has 0 atom stereocenters. The van der Waals surface area contributed by atoms with Crippen LogP contribution in [0.5, 0.6) is 11.5 Å². The topological polar surface area (TPSA) is 55.1 Å². The third-order valence-corrected chi connectivity index (χ3v) is 4.92. The molecule has 0 aliphatic heterocycles. The Morgan fingerprint density at radius 3 is 1.77 bits per heavy atom. The Hall–Kier alpha value is -4.10. The average Bonchev–Trinajstić information content (AvgIpc) is 2.83. The fourth-order valence-electron chi connectivity index (χ4n) is 3.45. The number of nitrogens with zero attached hydrogens (tertiary/aromatic N) is 2. The molecular formula is C26H20N2O2. The van der Waals surface area contributed by atoms with Crippen LogP contribution in [0.15, 0.2) is 84.9 Å². The predicted molar refractivity (Wildman–Crippen MR) is 118 cm³/mol. The Morgan fingerprint density at radius 2 is 1.23 bits per heavy atom. The van der Waals surface area contributed by atoms with E-state index < -0.39 is 0 Å². The molecule has 4 aromatic rings. The molecule has 0 saturated carbocycles. The van der Waals surface area contributed by atoms with Crippen molar-refractivity contribution in [1.29, 1.82) is 5.26 Å². The lowest BCUT2D eigenvalue weighted by atomic mass is 9.98. The molecule has 30 heavy (non-hydrogen) atoms. The number of pyridine rings is 1. The van der Waals surface area contributed by atoms with Crippen LogP contribution in [-0.2, 0) is 0 Å². The Labute approximate surface area is 176 Å². The van der Waals surface area contributed by atoms with Gasteiger partial charge in [-0.15, -0.1) is 0 Å². The molecule has 0 N–H and O–H groups in total. The Balaban J connectivity index is 1.98. The maximum atomic E-state index is 9.32. The summed E-state index contributed by atoms with van der Waals surface area (Å²) in [5, 5.41) is 9.32. The summed E-state index contributed by atoms with van der Waals surface area (Å²) >= 11 is 0. The normalized spacial score (nSPS) is 10.3. The lowest BCUT2D eigenvalue weighted by molar-refractivity contribution is 0.416. The van der Waals surface area contributed by atoms with Gasteiger partial charge in [-0.25, -0.2) is 4.98 Å². The van der Waals surface area contributed by atoms with Gasteiger partial charge >= 0.3 is 0 Å². The van der Waals surface area contributed by atoms with Gasteiger partial charge < -0.3 is 9.47 Å². The second kappa shape index (κ2) is 8.50. The molecule has 4 heteroatoms. The summed E-state index contributed by atoms with van der Waals surface area (Å²) in [7, 11) is 3.31. The quantitative estimate of drug-likeness (QED) is 0.420. The van der Waals surface area contributed by atoms with Crippen LogP contribution >= 0.6 is 0 Å². The third-order valence-electron chi connectivity index (χ3n) is 4.92. The van der Waals surface area contributed by atoms with Crippen LogP contribution in [0.4, 0.5) is 0 Å². The summed E-state index contributed by atoms with van der Waals surface area (Å²) < 4.78 is 11.1. The second-order valence-electron chi connectivity index (χ2n) is 6.72. The highest BCUT2D eigenvalue weighted by atomic mass is 16.5. The van der Waals surface area contributed by atoms with Gasteiger partial charge in [0.15, 0.2) is 0 Å². The molecule has 3 aromatic carbocycles. The van der Waals surface area contributed by atoms with E-state index in [9.17, 15) is 5.26 Å². The van der Waals surface area contributed by atoms with Gasteiger partial charge in [0.1, 0.15) is 11.5 Å². The van der Waals surface area contributed by atoms with Crippen LogP contribution < -0.4 is 9.47 Å². The van der Waals surface area contributed by atoms with Crippen LogP contribution in [-0.4, -0.2) is 19.2 Å². The summed E-state index contributed by atoms with van der Waals surface area (Å²) in [5.74, 6) is 1.50. The van der Waals surface area contributed by atoms with Gasteiger partial charge in [-0.3, -0.25) is 0 Å². The molecule has 146 valence electrons. The molecule has 0 aliphatic carbocycles. The van der Waals surface area contributed by atoms with Crippen molar-refractivity contribution < 1.29 is 9.47 Å². The van der Waals surface area contributed by atoms with Gasteiger partial charge in [-0.2, -0.15) is 5.26 Å². The number of nitriles is 1. The Kier molecular flexibility index (Phi) is 5.45. The minimum absolute atomic E-state index is 0.613. The zero-order valence-corrected chi connectivity index (χ0v) is 16.8. The second-order valence-corrected chi connectivity index (χ2v) is 6.72. The highest BCUT2D eigenvalue weighted by Gasteiger charge is 2.14. The lowest BCUT2D eigenvalue weighted by Gasteiger charge is -2.14. The Morgan fingerprint density at radius 1 is 0.667 bits per heavy atom. The maximum absolute atomic E-state index is 9.32. The monoisotopic (exact) mass is 392 g/mol. The number of para-hydroxylation sites is 2. The van der Waals surface area contributed by atoms with Crippen molar-refractivity contribution in [2.24, 2.45) is 0 Å². The lowest BCUT2D eigenvalue weighted by Crippen LogP contribution is -1.95. The maximum Gasteiger partial charge on any atom is 0.128 e. The van der Waals surface area contributed by atoms with E-state index in [-0.39, 0.29) is 0 Å². The smallest absolute Gasteiger partial charge is 0.128 e.